The average molecular weight is 288 g/mol. The summed E-state index contributed by atoms with van der Waals surface area (Å²) in [5.41, 5.74) is 1.28. The molecule has 1 unspecified atom stereocenters. The van der Waals surface area contributed by atoms with E-state index in [1.54, 1.807) is 7.11 Å². The molecule has 1 N–H and O–H groups in total. The van der Waals surface area contributed by atoms with Crippen LogP contribution in [0.25, 0.3) is 0 Å². The Hall–Kier alpha value is -1.55. The zero-order valence-electron chi connectivity index (χ0n) is 12.7. The molecule has 0 radical (unpaired) electrons. The van der Waals surface area contributed by atoms with Gasteiger partial charge >= 0.3 is 0 Å². The van der Waals surface area contributed by atoms with Crippen molar-refractivity contribution >= 4 is 5.90 Å². The van der Waals surface area contributed by atoms with E-state index in [9.17, 15) is 0 Å². The maximum atomic E-state index is 6.02. The van der Waals surface area contributed by atoms with Crippen LogP contribution in [0.1, 0.15) is 24.8 Å². The molecule has 1 atom stereocenters. The van der Waals surface area contributed by atoms with Crippen LogP contribution in [-0.4, -0.2) is 38.7 Å². The van der Waals surface area contributed by atoms with Crippen molar-refractivity contribution in [2.24, 2.45) is 10.9 Å². The predicted molar refractivity (Wildman–Crippen MR) is 84.1 cm³/mol. The van der Waals surface area contributed by atoms with E-state index in [-0.39, 0.29) is 6.10 Å². The average Bonchev–Trinajstić information content (AvgIpc) is 2.96. The van der Waals surface area contributed by atoms with Crippen LogP contribution >= 0.6 is 0 Å². The standard InChI is InChI=1S/C17H24N2O2/c1-20-15-4-2-13(3-5-15)10-16-12-19-17(21-16)11-14-6-8-18-9-7-14/h2-5,14,16,18H,6-12H2,1H3. The van der Waals surface area contributed by atoms with Gasteiger partial charge in [0.15, 0.2) is 5.90 Å². The van der Waals surface area contributed by atoms with Crippen LogP contribution < -0.4 is 10.1 Å². The third-order valence-electron chi connectivity index (χ3n) is 4.32. The highest BCUT2D eigenvalue weighted by molar-refractivity contribution is 5.78. The lowest BCUT2D eigenvalue weighted by atomic mass is 9.95. The van der Waals surface area contributed by atoms with Gasteiger partial charge in [-0.3, -0.25) is 4.99 Å². The van der Waals surface area contributed by atoms with Crippen LogP contribution in [0, 0.1) is 5.92 Å². The molecule has 0 aromatic heterocycles. The minimum absolute atomic E-state index is 0.204. The Kier molecular flexibility index (Phi) is 4.76. The van der Waals surface area contributed by atoms with E-state index < -0.39 is 0 Å². The van der Waals surface area contributed by atoms with E-state index in [4.69, 9.17) is 9.47 Å². The van der Waals surface area contributed by atoms with Gasteiger partial charge in [0, 0.05) is 12.8 Å². The molecule has 2 heterocycles. The fraction of sp³-hybridized carbons (Fsp3) is 0.588. The highest BCUT2D eigenvalue weighted by Gasteiger charge is 2.23. The Morgan fingerprint density at radius 3 is 2.67 bits per heavy atom. The minimum Gasteiger partial charge on any atom is -0.497 e. The maximum Gasteiger partial charge on any atom is 0.184 e. The van der Waals surface area contributed by atoms with Crippen LogP contribution in [0.15, 0.2) is 29.3 Å². The molecular weight excluding hydrogens is 264 g/mol. The van der Waals surface area contributed by atoms with Crippen LogP contribution in [0.5, 0.6) is 5.75 Å². The van der Waals surface area contributed by atoms with Crippen molar-refractivity contribution in [2.75, 3.05) is 26.7 Å². The van der Waals surface area contributed by atoms with Crippen molar-refractivity contribution < 1.29 is 9.47 Å². The van der Waals surface area contributed by atoms with Crippen LogP contribution in [-0.2, 0) is 11.2 Å². The number of hydrogen-bond donors (Lipinski definition) is 1. The number of ether oxygens (including phenoxy) is 2. The van der Waals surface area contributed by atoms with Crippen molar-refractivity contribution in [3.63, 3.8) is 0 Å². The summed E-state index contributed by atoms with van der Waals surface area (Å²) in [5.74, 6) is 2.61. The van der Waals surface area contributed by atoms with E-state index in [0.717, 1.165) is 50.0 Å². The number of benzene rings is 1. The summed E-state index contributed by atoms with van der Waals surface area (Å²) in [5, 5.41) is 3.40. The molecular formula is C17H24N2O2. The highest BCUT2D eigenvalue weighted by atomic mass is 16.5. The van der Waals surface area contributed by atoms with Crippen LogP contribution in [0.4, 0.5) is 0 Å². The van der Waals surface area contributed by atoms with Gasteiger partial charge in [0.2, 0.25) is 0 Å². The monoisotopic (exact) mass is 288 g/mol. The Bertz CT molecular complexity index is 478. The van der Waals surface area contributed by atoms with Crippen molar-refractivity contribution in [3.05, 3.63) is 29.8 Å². The molecule has 3 rings (SSSR count). The minimum atomic E-state index is 0.204. The molecule has 0 bridgehead atoms. The fourth-order valence-corrected chi connectivity index (χ4v) is 3.05. The summed E-state index contributed by atoms with van der Waals surface area (Å²) in [4.78, 5) is 4.59. The number of piperidine rings is 1. The lowest BCUT2D eigenvalue weighted by molar-refractivity contribution is 0.212. The number of rotatable bonds is 5. The fourth-order valence-electron chi connectivity index (χ4n) is 3.05. The highest BCUT2D eigenvalue weighted by Crippen LogP contribution is 2.21. The molecule has 1 fully saturated rings. The zero-order valence-corrected chi connectivity index (χ0v) is 12.7. The summed E-state index contributed by atoms with van der Waals surface area (Å²) < 4.78 is 11.2. The Morgan fingerprint density at radius 1 is 1.19 bits per heavy atom. The first kappa shape index (κ1) is 14.4. The molecule has 0 aliphatic carbocycles. The van der Waals surface area contributed by atoms with Gasteiger partial charge in [-0.05, 0) is 49.5 Å². The SMILES string of the molecule is COc1ccc(CC2CN=C(CC3CCNCC3)O2)cc1. The van der Waals surface area contributed by atoms with E-state index in [0.29, 0.717) is 0 Å². The van der Waals surface area contributed by atoms with Gasteiger partial charge in [0.25, 0.3) is 0 Å². The quantitative estimate of drug-likeness (QED) is 0.905. The molecule has 1 saturated heterocycles. The second-order valence-electron chi connectivity index (χ2n) is 5.92. The number of hydrogen-bond acceptors (Lipinski definition) is 4. The lowest BCUT2D eigenvalue weighted by Crippen LogP contribution is -2.29. The van der Waals surface area contributed by atoms with E-state index in [1.807, 2.05) is 12.1 Å². The van der Waals surface area contributed by atoms with Gasteiger partial charge in [0.05, 0.1) is 13.7 Å². The van der Waals surface area contributed by atoms with Gasteiger partial charge in [-0.1, -0.05) is 12.1 Å². The van der Waals surface area contributed by atoms with Gasteiger partial charge < -0.3 is 14.8 Å². The third-order valence-corrected chi connectivity index (χ3v) is 4.32. The van der Waals surface area contributed by atoms with Crippen molar-refractivity contribution in [1.29, 1.82) is 0 Å². The molecule has 21 heavy (non-hydrogen) atoms. The van der Waals surface area contributed by atoms with Crippen molar-refractivity contribution in [3.8, 4) is 5.75 Å². The molecule has 0 spiro atoms. The summed E-state index contributed by atoms with van der Waals surface area (Å²) in [6.45, 7) is 3.06. The predicted octanol–water partition coefficient (Wildman–Crippen LogP) is 2.42. The Labute approximate surface area is 126 Å². The molecule has 2 aliphatic heterocycles. The van der Waals surface area contributed by atoms with E-state index in [2.05, 4.69) is 22.4 Å². The maximum absolute atomic E-state index is 6.02. The van der Waals surface area contributed by atoms with Gasteiger partial charge in [0.1, 0.15) is 11.9 Å². The van der Waals surface area contributed by atoms with E-state index >= 15 is 0 Å². The molecule has 1 aromatic carbocycles. The molecule has 0 saturated carbocycles. The first-order valence-corrected chi connectivity index (χ1v) is 7.87. The van der Waals surface area contributed by atoms with Crippen molar-refractivity contribution in [2.45, 2.75) is 31.8 Å². The number of methoxy groups -OCH3 is 1. The molecule has 2 aliphatic rings. The number of aliphatic imine (C=N–C) groups is 1. The van der Waals surface area contributed by atoms with Gasteiger partial charge in [-0.2, -0.15) is 0 Å². The molecule has 1 aromatic rings. The normalized spacial score (nSPS) is 22.7. The van der Waals surface area contributed by atoms with Crippen LogP contribution in [0.2, 0.25) is 0 Å². The Balaban J connectivity index is 1.46. The molecule has 0 amide bonds. The summed E-state index contributed by atoms with van der Waals surface area (Å²) in [7, 11) is 1.69. The number of nitrogens with zero attached hydrogens (tertiary/aromatic N) is 1. The first-order chi connectivity index (χ1) is 10.3. The summed E-state index contributed by atoms with van der Waals surface area (Å²) in [6, 6.07) is 8.21. The largest absolute Gasteiger partial charge is 0.497 e. The second-order valence-corrected chi connectivity index (χ2v) is 5.92. The van der Waals surface area contributed by atoms with Gasteiger partial charge in [-0.15, -0.1) is 0 Å². The lowest BCUT2D eigenvalue weighted by Gasteiger charge is -2.22. The summed E-state index contributed by atoms with van der Waals surface area (Å²) >= 11 is 0. The second kappa shape index (κ2) is 6.94. The first-order valence-electron chi connectivity index (χ1n) is 7.87. The third kappa shape index (κ3) is 3.97. The zero-order chi connectivity index (χ0) is 14.5. The Morgan fingerprint density at radius 2 is 1.95 bits per heavy atom. The summed E-state index contributed by atoms with van der Waals surface area (Å²) in [6.07, 6.45) is 4.62. The number of nitrogens with one attached hydrogen (secondary N) is 1. The molecule has 4 nitrogen and oxygen atoms in total. The smallest absolute Gasteiger partial charge is 0.184 e. The van der Waals surface area contributed by atoms with Crippen molar-refractivity contribution in [1.82, 2.24) is 5.32 Å². The van der Waals surface area contributed by atoms with E-state index in [1.165, 1.54) is 18.4 Å². The topological polar surface area (TPSA) is 42.8 Å². The van der Waals surface area contributed by atoms with Gasteiger partial charge in [-0.25, -0.2) is 0 Å². The van der Waals surface area contributed by atoms with Crippen LogP contribution in [0.3, 0.4) is 0 Å². The molecule has 114 valence electrons. The molecule has 4 heteroatoms.